The van der Waals surface area contributed by atoms with Crippen molar-refractivity contribution in [2.24, 2.45) is 0 Å². The second-order valence-electron chi connectivity index (χ2n) is 8.25. The molecule has 0 saturated carbocycles. The zero-order chi connectivity index (χ0) is 32.3. The summed E-state index contributed by atoms with van der Waals surface area (Å²) in [5.74, 6) is -14.0. The van der Waals surface area contributed by atoms with Crippen LogP contribution in [0.25, 0.3) is 0 Å². The van der Waals surface area contributed by atoms with Crippen LogP contribution >= 0.6 is 0 Å². The number of hydrogen-bond acceptors (Lipinski definition) is 12. The Balaban J connectivity index is 4.38. The van der Waals surface area contributed by atoms with Crippen LogP contribution in [0, 0.1) is 0 Å². The largest absolute Gasteiger partial charge is 0.480 e. The Kier molecular flexibility index (Phi) is 12.9. The molecule has 0 aromatic heterocycles. The molecule has 0 spiro atoms. The first-order valence-corrected chi connectivity index (χ1v) is 11.4. The van der Waals surface area contributed by atoms with E-state index in [1.807, 2.05) is 10.6 Å². The molecule has 0 aliphatic heterocycles. The van der Waals surface area contributed by atoms with Gasteiger partial charge in [0, 0.05) is 0 Å². The molecule has 4 unspecified atom stereocenters. The number of aliphatic carboxylic acids is 8. The number of rotatable bonds is 20. The van der Waals surface area contributed by atoms with Crippen molar-refractivity contribution in [3.63, 3.8) is 0 Å². The maximum Gasteiger partial charge on any atom is 0.325 e. The summed E-state index contributed by atoms with van der Waals surface area (Å²) in [6.07, 6.45) is 0. The normalized spacial score (nSPS) is 13.7. The Morgan fingerprint density at radius 2 is 0.643 bits per heavy atom. The van der Waals surface area contributed by atoms with E-state index in [-0.39, 0.29) is 0 Å². The highest BCUT2D eigenvalue weighted by Crippen LogP contribution is 2.37. The van der Waals surface area contributed by atoms with Crippen LogP contribution in [0.1, 0.15) is 46.4 Å². The van der Waals surface area contributed by atoms with E-state index in [9.17, 15) is 58.8 Å². The fraction of sp³-hybridized carbons (Fsp3) is 0.364. The third kappa shape index (κ3) is 9.78. The lowest BCUT2D eigenvalue weighted by molar-refractivity contribution is -0.143. The highest BCUT2D eigenvalue weighted by Gasteiger charge is 2.39. The third-order valence-electron chi connectivity index (χ3n) is 5.37. The van der Waals surface area contributed by atoms with Crippen molar-refractivity contribution in [2.75, 3.05) is 26.2 Å². The maximum atomic E-state index is 12.4. The summed E-state index contributed by atoms with van der Waals surface area (Å²) in [7, 11) is 0. The summed E-state index contributed by atoms with van der Waals surface area (Å²) < 4.78 is 0. The quantitative estimate of drug-likeness (QED) is 0.0702. The molecule has 0 aliphatic carbocycles. The van der Waals surface area contributed by atoms with E-state index in [0.717, 1.165) is 12.1 Å². The van der Waals surface area contributed by atoms with Gasteiger partial charge in [0.2, 0.25) is 0 Å². The van der Waals surface area contributed by atoms with Crippen molar-refractivity contribution >= 4 is 47.8 Å². The predicted octanol–water partition coefficient (Wildman–Crippen LogP) is -3.11. The van der Waals surface area contributed by atoms with Gasteiger partial charge in [0.1, 0.15) is 24.2 Å². The van der Waals surface area contributed by atoms with E-state index in [0.29, 0.717) is 0 Å². The molecule has 0 radical (unpaired) electrons. The number of carboxylic acids is 8. The van der Waals surface area contributed by atoms with E-state index in [4.69, 9.17) is 20.4 Å². The van der Waals surface area contributed by atoms with Gasteiger partial charge in [-0.15, -0.1) is 0 Å². The summed E-state index contributed by atoms with van der Waals surface area (Å²) in [4.78, 5) is 93.8. The van der Waals surface area contributed by atoms with Crippen molar-refractivity contribution in [3.8, 4) is 0 Å². The van der Waals surface area contributed by atoms with Crippen LogP contribution in [0.5, 0.6) is 0 Å². The van der Waals surface area contributed by atoms with E-state index in [1.54, 1.807) is 0 Å². The standard InChI is InChI=1S/C22H26N4O16/c27-9(28)3-23-15(19(35)36)7-1-2-8(16(20(37)38)24-4-10(29)30)14(18(22(41)42)26-6-12(33)34)13(7)17(21(39)40)25-5-11(31)32/h1-2,15-18,23-26H,3-6H2,(H,27,28)(H,29,30)(H,31,32)(H,33,34)(H,35,36)(H,37,38)(H,39,40)(H,41,42). The number of hydrogen-bond donors (Lipinski definition) is 12. The second-order valence-corrected chi connectivity index (χ2v) is 8.25. The molecule has 12 N–H and O–H groups in total. The molecule has 0 amide bonds. The minimum absolute atomic E-state index is 0.668. The zero-order valence-corrected chi connectivity index (χ0v) is 21.1. The van der Waals surface area contributed by atoms with Crippen LogP contribution in [-0.2, 0) is 38.4 Å². The number of carbonyl (C=O) groups is 8. The smallest absolute Gasteiger partial charge is 0.325 e. The minimum atomic E-state index is -2.32. The fourth-order valence-corrected chi connectivity index (χ4v) is 3.86. The molecule has 0 heterocycles. The average molecular weight is 602 g/mol. The molecule has 1 aromatic rings. The van der Waals surface area contributed by atoms with Gasteiger partial charge in [-0.1, -0.05) is 12.1 Å². The van der Waals surface area contributed by atoms with E-state index < -0.39 is 120 Å². The molecule has 0 aliphatic rings. The Hall–Kier alpha value is -5.18. The Morgan fingerprint density at radius 3 is 0.833 bits per heavy atom. The molecular formula is C22H26N4O16. The van der Waals surface area contributed by atoms with E-state index in [2.05, 4.69) is 10.6 Å². The molecule has 1 aromatic carbocycles. The van der Waals surface area contributed by atoms with Gasteiger partial charge in [-0.3, -0.25) is 59.6 Å². The van der Waals surface area contributed by atoms with Gasteiger partial charge in [-0.25, -0.2) is 0 Å². The van der Waals surface area contributed by atoms with Gasteiger partial charge >= 0.3 is 47.8 Å². The summed E-state index contributed by atoms with van der Waals surface area (Å²) in [5.41, 5.74) is -3.09. The molecule has 0 bridgehead atoms. The molecule has 230 valence electrons. The van der Waals surface area contributed by atoms with Gasteiger partial charge in [0.25, 0.3) is 0 Å². The number of carboxylic acid groups (broad SMARTS) is 8. The van der Waals surface area contributed by atoms with Crippen LogP contribution in [0.15, 0.2) is 12.1 Å². The lowest BCUT2D eigenvalue weighted by atomic mass is 9.82. The van der Waals surface area contributed by atoms with Gasteiger partial charge in [-0.2, -0.15) is 0 Å². The van der Waals surface area contributed by atoms with Gasteiger partial charge in [0.05, 0.1) is 26.2 Å². The molecule has 20 heteroatoms. The van der Waals surface area contributed by atoms with Crippen LogP contribution in [0.4, 0.5) is 0 Å². The molecule has 0 saturated heterocycles. The Labute approximate surface area is 233 Å². The summed E-state index contributed by atoms with van der Waals surface area (Å²) in [6.45, 7) is -4.32. The average Bonchev–Trinajstić information content (AvgIpc) is 2.84. The van der Waals surface area contributed by atoms with Crippen molar-refractivity contribution in [2.45, 2.75) is 24.2 Å². The van der Waals surface area contributed by atoms with E-state index in [1.165, 1.54) is 0 Å². The Morgan fingerprint density at radius 1 is 0.429 bits per heavy atom. The molecule has 20 nitrogen and oxygen atoms in total. The lowest BCUT2D eigenvalue weighted by Crippen LogP contribution is -2.42. The first kappa shape index (κ1) is 34.8. The molecule has 1 rings (SSSR count). The molecular weight excluding hydrogens is 576 g/mol. The van der Waals surface area contributed by atoms with Crippen LogP contribution < -0.4 is 21.3 Å². The number of benzene rings is 1. The van der Waals surface area contributed by atoms with Gasteiger partial charge < -0.3 is 40.9 Å². The van der Waals surface area contributed by atoms with Crippen molar-refractivity contribution in [3.05, 3.63) is 34.4 Å². The van der Waals surface area contributed by atoms with Gasteiger partial charge in [-0.05, 0) is 22.3 Å². The maximum absolute atomic E-state index is 12.4. The van der Waals surface area contributed by atoms with Crippen molar-refractivity contribution < 1.29 is 79.2 Å². The molecule has 4 atom stereocenters. The monoisotopic (exact) mass is 602 g/mol. The third-order valence-corrected chi connectivity index (χ3v) is 5.37. The number of nitrogens with one attached hydrogen (secondary N) is 4. The summed E-state index contributed by atoms with van der Waals surface area (Å²) in [6, 6.07) is -7.28. The predicted molar refractivity (Wildman–Crippen MR) is 131 cm³/mol. The summed E-state index contributed by atoms with van der Waals surface area (Å²) in [5, 5.41) is 84.2. The molecule has 42 heavy (non-hydrogen) atoms. The van der Waals surface area contributed by atoms with Crippen molar-refractivity contribution in [1.82, 2.24) is 21.3 Å². The summed E-state index contributed by atoms with van der Waals surface area (Å²) >= 11 is 0. The highest BCUT2D eigenvalue weighted by atomic mass is 16.4. The van der Waals surface area contributed by atoms with Crippen LogP contribution in [-0.4, -0.2) is 115 Å². The minimum Gasteiger partial charge on any atom is -0.480 e. The van der Waals surface area contributed by atoms with Gasteiger partial charge in [0.15, 0.2) is 0 Å². The topological polar surface area (TPSA) is 347 Å². The van der Waals surface area contributed by atoms with Crippen LogP contribution in [0.3, 0.4) is 0 Å². The first-order chi connectivity index (χ1) is 19.5. The fourth-order valence-electron chi connectivity index (χ4n) is 3.86. The Bertz CT molecular complexity index is 1170. The highest BCUT2D eigenvalue weighted by molar-refractivity contribution is 5.87. The lowest BCUT2D eigenvalue weighted by Gasteiger charge is -2.31. The van der Waals surface area contributed by atoms with Crippen molar-refractivity contribution in [1.29, 1.82) is 0 Å². The molecule has 0 fully saturated rings. The first-order valence-electron chi connectivity index (χ1n) is 11.4. The van der Waals surface area contributed by atoms with Crippen LogP contribution in [0.2, 0.25) is 0 Å². The second kappa shape index (κ2) is 15.6. The SMILES string of the molecule is O=C(O)CNC(C(=O)O)c1ccc(C(NCC(=O)O)C(=O)O)c(C(NCC(=O)O)C(=O)O)c1C(NCC(=O)O)C(=O)O. The zero-order valence-electron chi connectivity index (χ0n) is 21.1. The van der Waals surface area contributed by atoms with E-state index >= 15 is 0 Å².